The highest BCUT2D eigenvalue weighted by Crippen LogP contribution is 2.38. The van der Waals surface area contributed by atoms with E-state index in [0.717, 1.165) is 30.6 Å². The molecule has 2 heteroatoms. The third kappa shape index (κ3) is 3.49. The van der Waals surface area contributed by atoms with Crippen LogP contribution in [-0.4, -0.2) is 19.7 Å². The predicted octanol–water partition coefficient (Wildman–Crippen LogP) is 3.26. The van der Waals surface area contributed by atoms with E-state index in [-0.39, 0.29) is 0 Å². The van der Waals surface area contributed by atoms with Crippen molar-refractivity contribution in [1.29, 1.82) is 0 Å². The molecule has 0 bridgehead atoms. The van der Waals surface area contributed by atoms with Gasteiger partial charge in [0.25, 0.3) is 0 Å². The summed E-state index contributed by atoms with van der Waals surface area (Å²) >= 11 is 0. The van der Waals surface area contributed by atoms with Gasteiger partial charge in [-0.25, -0.2) is 0 Å². The van der Waals surface area contributed by atoms with Crippen molar-refractivity contribution in [3.63, 3.8) is 0 Å². The largest absolute Gasteiger partial charge is 0.497 e. The number of hydrogen-bond acceptors (Lipinski definition) is 2. The maximum Gasteiger partial charge on any atom is 0.119 e. The zero-order valence-electron chi connectivity index (χ0n) is 11.8. The van der Waals surface area contributed by atoms with Crippen LogP contribution in [0.5, 0.6) is 5.75 Å². The van der Waals surface area contributed by atoms with Gasteiger partial charge in [0.1, 0.15) is 5.75 Å². The Morgan fingerprint density at radius 3 is 2.78 bits per heavy atom. The van der Waals surface area contributed by atoms with E-state index in [9.17, 15) is 0 Å². The van der Waals surface area contributed by atoms with Crippen molar-refractivity contribution in [2.75, 3.05) is 13.7 Å². The summed E-state index contributed by atoms with van der Waals surface area (Å²) in [4.78, 5) is 0. The molecule has 0 amide bonds. The Labute approximate surface area is 111 Å². The van der Waals surface area contributed by atoms with Gasteiger partial charge in [-0.05, 0) is 55.3 Å². The van der Waals surface area contributed by atoms with E-state index < -0.39 is 0 Å². The average molecular weight is 247 g/mol. The van der Waals surface area contributed by atoms with Crippen molar-refractivity contribution in [1.82, 2.24) is 5.32 Å². The lowest BCUT2D eigenvalue weighted by molar-refractivity contribution is 0.344. The summed E-state index contributed by atoms with van der Waals surface area (Å²) in [5.74, 6) is 2.68. The van der Waals surface area contributed by atoms with Crippen LogP contribution < -0.4 is 10.1 Å². The first-order chi connectivity index (χ1) is 8.74. The van der Waals surface area contributed by atoms with Crippen molar-refractivity contribution in [3.8, 4) is 5.75 Å². The maximum absolute atomic E-state index is 5.30. The monoisotopic (exact) mass is 247 g/mol. The molecule has 100 valence electrons. The minimum atomic E-state index is 0.592. The van der Waals surface area contributed by atoms with Gasteiger partial charge >= 0.3 is 0 Å². The molecule has 1 aliphatic rings. The van der Waals surface area contributed by atoms with E-state index in [2.05, 4.69) is 37.4 Å². The molecule has 2 unspecified atom stereocenters. The molecule has 18 heavy (non-hydrogen) atoms. The fraction of sp³-hybridized carbons (Fsp3) is 0.625. The third-order valence-corrected chi connectivity index (χ3v) is 4.06. The minimum Gasteiger partial charge on any atom is -0.497 e. The van der Waals surface area contributed by atoms with E-state index in [4.69, 9.17) is 4.74 Å². The van der Waals surface area contributed by atoms with Gasteiger partial charge in [-0.2, -0.15) is 0 Å². The number of ether oxygens (including phenoxy) is 1. The van der Waals surface area contributed by atoms with Crippen molar-refractivity contribution in [2.24, 2.45) is 11.8 Å². The van der Waals surface area contributed by atoms with Crippen LogP contribution in [0.1, 0.15) is 32.3 Å². The lowest BCUT2D eigenvalue weighted by Gasteiger charge is -2.25. The minimum absolute atomic E-state index is 0.592. The summed E-state index contributed by atoms with van der Waals surface area (Å²) in [5, 5.41) is 3.65. The van der Waals surface area contributed by atoms with Crippen LogP contribution in [0.25, 0.3) is 0 Å². The number of benzene rings is 1. The van der Waals surface area contributed by atoms with Crippen LogP contribution in [0.2, 0.25) is 0 Å². The molecule has 1 aromatic carbocycles. The zero-order chi connectivity index (χ0) is 13.0. The van der Waals surface area contributed by atoms with Gasteiger partial charge in [-0.3, -0.25) is 0 Å². The second-order valence-electron chi connectivity index (χ2n) is 5.42. The van der Waals surface area contributed by atoms with Gasteiger partial charge in [0, 0.05) is 6.04 Å². The van der Waals surface area contributed by atoms with E-state index in [1.165, 1.54) is 18.4 Å². The molecule has 0 radical (unpaired) electrons. The predicted molar refractivity (Wildman–Crippen MR) is 76.1 cm³/mol. The first kappa shape index (κ1) is 13.4. The molecule has 0 aromatic heterocycles. The van der Waals surface area contributed by atoms with Gasteiger partial charge in [0.05, 0.1) is 7.11 Å². The van der Waals surface area contributed by atoms with Crippen molar-refractivity contribution < 1.29 is 4.74 Å². The normalized spacial score (nSPS) is 18.4. The molecule has 0 spiro atoms. The fourth-order valence-corrected chi connectivity index (χ4v) is 2.71. The van der Waals surface area contributed by atoms with E-state index in [0.29, 0.717) is 6.04 Å². The number of nitrogens with one attached hydrogen (secondary N) is 1. The molecule has 0 aliphatic heterocycles. The summed E-state index contributed by atoms with van der Waals surface area (Å²) < 4.78 is 5.30. The highest BCUT2D eigenvalue weighted by Gasteiger charge is 2.32. The molecule has 1 aliphatic carbocycles. The molecular formula is C16H25NO. The SMILES string of the molecule is CCNC(Cc1cccc(OC)c1)C(C)C1CC1. The van der Waals surface area contributed by atoms with E-state index in [1.54, 1.807) is 7.11 Å². The van der Waals surface area contributed by atoms with Crippen LogP contribution in [-0.2, 0) is 6.42 Å². The van der Waals surface area contributed by atoms with Crippen LogP contribution in [0, 0.1) is 11.8 Å². The average Bonchev–Trinajstić information content (AvgIpc) is 3.22. The van der Waals surface area contributed by atoms with E-state index >= 15 is 0 Å². The summed E-state index contributed by atoms with van der Waals surface area (Å²) in [6.45, 7) is 5.63. The van der Waals surface area contributed by atoms with Gasteiger partial charge in [0.15, 0.2) is 0 Å². The Morgan fingerprint density at radius 2 is 2.17 bits per heavy atom. The first-order valence-electron chi connectivity index (χ1n) is 7.11. The molecule has 1 saturated carbocycles. The molecule has 1 fully saturated rings. The molecule has 1 aromatic rings. The molecular weight excluding hydrogens is 222 g/mol. The van der Waals surface area contributed by atoms with Crippen molar-refractivity contribution >= 4 is 0 Å². The van der Waals surface area contributed by atoms with Crippen LogP contribution >= 0.6 is 0 Å². The topological polar surface area (TPSA) is 21.3 Å². The third-order valence-electron chi connectivity index (χ3n) is 4.06. The second kappa shape index (κ2) is 6.24. The maximum atomic E-state index is 5.30. The van der Waals surface area contributed by atoms with Crippen molar-refractivity contribution in [3.05, 3.63) is 29.8 Å². The Bertz CT molecular complexity index is 373. The molecule has 0 heterocycles. The molecule has 1 N–H and O–H groups in total. The number of methoxy groups -OCH3 is 1. The molecule has 2 rings (SSSR count). The number of hydrogen-bond donors (Lipinski definition) is 1. The Kier molecular flexibility index (Phi) is 4.65. The van der Waals surface area contributed by atoms with Gasteiger partial charge in [-0.1, -0.05) is 26.0 Å². The number of rotatable bonds is 7. The molecule has 0 saturated heterocycles. The highest BCUT2D eigenvalue weighted by molar-refractivity contribution is 5.29. The zero-order valence-corrected chi connectivity index (χ0v) is 11.8. The first-order valence-corrected chi connectivity index (χ1v) is 7.11. The van der Waals surface area contributed by atoms with Gasteiger partial charge in [0.2, 0.25) is 0 Å². The smallest absolute Gasteiger partial charge is 0.119 e. The summed E-state index contributed by atoms with van der Waals surface area (Å²) in [5.41, 5.74) is 1.37. The lowest BCUT2D eigenvalue weighted by atomic mass is 9.91. The lowest BCUT2D eigenvalue weighted by Crippen LogP contribution is -2.37. The van der Waals surface area contributed by atoms with Crippen molar-refractivity contribution in [2.45, 2.75) is 39.2 Å². The van der Waals surface area contributed by atoms with Gasteiger partial charge < -0.3 is 10.1 Å². The molecule has 2 atom stereocenters. The Balaban J connectivity index is 2.02. The summed E-state index contributed by atoms with van der Waals surface area (Å²) in [6, 6.07) is 9.04. The van der Waals surface area contributed by atoms with Crippen LogP contribution in [0.3, 0.4) is 0 Å². The van der Waals surface area contributed by atoms with Crippen LogP contribution in [0.15, 0.2) is 24.3 Å². The summed E-state index contributed by atoms with van der Waals surface area (Å²) in [6.07, 6.45) is 3.94. The standard InChI is InChI=1S/C16H25NO/c1-4-17-16(12(2)14-8-9-14)11-13-6-5-7-15(10-13)18-3/h5-7,10,12,14,16-17H,4,8-9,11H2,1-3H3. The Hall–Kier alpha value is -1.02. The van der Waals surface area contributed by atoms with Crippen LogP contribution in [0.4, 0.5) is 0 Å². The van der Waals surface area contributed by atoms with Gasteiger partial charge in [-0.15, -0.1) is 0 Å². The fourth-order valence-electron chi connectivity index (χ4n) is 2.71. The van der Waals surface area contributed by atoms with E-state index in [1.807, 2.05) is 6.07 Å². The molecule has 2 nitrogen and oxygen atoms in total. The second-order valence-corrected chi connectivity index (χ2v) is 5.42. The highest BCUT2D eigenvalue weighted by atomic mass is 16.5. The number of likely N-dealkylation sites (N-methyl/N-ethyl adjacent to an activating group) is 1. The Morgan fingerprint density at radius 1 is 1.39 bits per heavy atom. The summed E-state index contributed by atoms with van der Waals surface area (Å²) in [7, 11) is 1.73. The quantitative estimate of drug-likeness (QED) is 0.798.